The van der Waals surface area contributed by atoms with Crippen LogP contribution < -0.4 is 5.32 Å². The number of amides is 1. The molecule has 3 rings (SSSR count). The number of aliphatic carboxylic acids is 1. The minimum Gasteiger partial charge on any atom is -0.479 e. The number of sulfone groups is 1. The first-order chi connectivity index (χ1) is 16.0. The number of anilines is 1. The number of thioether (sulfide) groups is 1. The van der Waals surface area contributed by atoms with Crippen molar-refractivity contribution in [2.45, 2.75) is 15.4 Å². The quantitative estimate of drug-likeness (QED) is 0.361. The molecule has 3 aromatic carbocycles. The predicted octanol–water partition coefficient (Wildman–Crippen LogP) is 4.11. The summed E-state index contributed by atoms with van der Waals surface area (Å²) in [6.45, 7) is 0. The smallest absolute Gasteiger partial charge is 0.337 e. The average Bonchev–Trinajstić information content (AvgIpc) is 2.79. The van der Waals surface area contributed by atoms with Crippen LogP contribution in [0, 0.1) is 5.82 Å². The highest BCUT2D eigenvalue weighted by Crippen LogP contribution is 2.27. The molecule has 0 spiro atoms. The fraction of sp³-hybridized carbons (Fsp3) is 0.130. The molecule has 0 fully saturated rings. The molecule has 0 heterocycles. The Morgan fingerprint density at radius 3 is 2.12 bits per heavy atom. The van der Waals surface area contributed by atoms with Gasteiger partial charge in [-0.1, -0.05) is 11.6 Å². The van der Waals surface area contributed by atoms with Gasteiger partial charge in [0.05, 0.1) is 10.6 Å². The summed E-state index contributed by atoms with van der Waals surface area (Å²) in [4.78, 5) is 24.2. The fourth-order valence-electron chi connectivity index (χ4n) is 2.85. The Kier molecular flexibility index (Phi) is 7.98. The van der Waals surface area contributed by atoms with Crippen molar-refractivity contribution in [1.29, 1.82) is 0 Å². The maximum atomic E-state index is 13.0. The molecule has 34 heavy (non-hydrogen) atoms. The van der Waals surface area contributed by atoms with Crippen molar-refractivity contribution in [2.24, 2.45) is 0 Å². The van der Waals surface area contributed by atoms with Crippen molar-refractivity contribution in [1.82, 2.24) is 0 Å². The Morgan fingerprint density at radius 1 is 0.971 bits per heavy atom. The third kappa shape index (κ3) is 6.57. The lowest BCUT2D eigenvalue weighted by molar-refractivity contribution is -0.153. The molecule has 3 N–H and O–H groups in total. The summed E-state index contributed by atoms with van der Waals surface area (Å²) in [5, 5.41) is 23.2. The minimum absolute atomic E-state index is 0.219. The van der Waals surface area contributed by atoms with Crippen LogP contribution in [-0.4, -0.2) is 47.6 Å². The van der Waals surface area contributed by atoms with Gasteiger partial charge in [-0.2, -0.15) is 0 Å². The number of nitrogens with one attached hydrogen (secondary N) is 1. The summed E-state index contributed by atoms with van der Waals surface area (Å²) in [7, 11) is -4.21. The molecule has 0 radical (unpaired) electrons. The number of aliphatic hydroxyl groups is 1. The highest BCUT2D eigenvalue weighted by Gasteiger charge is 2.41. The molecule has 0 aliphatic rings. The standard InChI is InChI=1S/C23H19ClFNO6S2/c24-16-3-1-15(2-4-16)21(27)26-18-7-11-20(12-8-18)34(31,32)14-23(30,22(28)29)13-33-19-9-5-17(25)6-10-19/h1-12,30H,13-14H2,(H,26,27)(H,28,29). The SMILES string of the molecule is O=C(Nc1ccc(S(=O)(=O)CC(O)(CSc2ccc(F)cc2)C(=O)O)cc1)c1ccc(Cl)cc1. The second-order valence-corrected chi connectivity index (χ2v) is 10.8. The number of carboxylic acids is 1. The van der Waals surface area contributed by atoms with E-state index in [-0.39, 0.29) is 4.90 Å². The lowest BCUT2D eigenvalue weighted by Crippen LogP contribution is -2.47. The zero-order valence-electron chi connectivity index (χ0n) is 17.4. The molecule has 7 nitrogen and oxygen atoms in total. The summed E-state index contributed by atoms with van der Waals surface area (Å²) < 4.78 is 38.7. The molecule has 1 unspecified atom stereocenters. The molecule has 3 aromatic rings. The molecule has 0 bridgehead atoms. The van der Waals surface area contributed by atoms with Crippen molar-refractivity contribution in [3.63, 3.8) is 0 Å². The van der Waals surface area contributed by atoms with Crippen LogP contribution in [0.25, 0.3) is 0 Å². The largest absolute Gasteiger partial charge is 0.479 e. The molecular formula is C23H19ClFNO6S2. The Balaban J connectivity index is 1.70. The van der Waals surface area contributed by atoms with E-state index in [1.54, 1.807) is 12.1 Å². The van der Waals surface area contributed by atoms with Gasteiger partial charge in [-0.25, -0.2) is 17.6 Å². The lowest BCUT2D eigenvalue weighted by atomic mass is 10.1. The first-order valence-corrected chi connectivity index (χ1v) is 12.7. The zero-order chi connectivity index (χ0) is 24.9. The Labute approximate surface area is 204 Å². The van der Waals surface area contributed by atoms with Crippen LogP contribution in [-0.2, 0) is 14.6 Å². The topological polar surface area (TPSA) is 121 Å². The monoisotopic (exact) mass is 523 g/mol. The van der Waals surface area contributed by atoms with Gasteiger partial charge >= 0.3 is 5.97 Å². The van der Waals surface area contributed by atoms with Gasteiger partial charge in [0.2, 0.25) is 0 Å². The molecule has 0 saturated heterocycles. The molecular weight excluding hydrogens is 505 g/mol. The summed E-state index contributed by atoms with van der Waals surface area (Å²) in [5.74, 6) is -4.14. The second kappa shape index (κ2) is 10.6. The Hall–Kier alpha value is -2.92. The number of hydrogen-bond donors (Lipinski definition) is 3. The van der Waals surface area contributed by atoms with Crippen LogP contribution in [0.15, 0.2) is 82.6 Å². The normalized spacial score (nSPS) is 13.1. The maximum absolute atomic E-state index is 13.0. The van der Waals surface area contributed by atoms with E-state index in [4.69, 9.17) is 11.6 Å². The summed E-state index contributed by atoms with van der Waals surface area (Å²) in [6.07, 6.45) is 0. The number of rotatable bonds is 9. The number of hydrogen-bond acceptors (Lipinski definition) is 6. The number of carbonyl (C=O) groups is 2. The van der Waals surface area contributed by atoms with E-state index in [1.807, 2.05) is 0 Å². The summed E-state index contributed by atoms with van der Waals surface area (Å²) >= 11 is 6.69. The van der Waals surface area contributed by atoms with Crippen molar-refractivity contribution >= 4 is 50.8 Å². The number of carbonyl (C=O) groups excluding carboxylic acids is 1. The number of benzene rings is 3. The van der Waals surface area contributed by atoms with E-state index in [2.05, 4.69) is 5.32 Å². The predicted molar refractivity (Wildman–Crippen MR) is 128 cm³/mol. The van der Waals surface area contributed by atoms with E-state index >= 15 is 0 Å². The Morgan fingerprint density at radius 2 is 1.56 bits per heavy atom. The van der Waals surface area contributed by atoms with E-state index in [9.17, 15) is 32.6 Å². The maximum Gasteiger partial charge on any atom is 0.337 e. The van der Waals surface area contributed by atoms with E-state index in [0.717, 1.165) is 11.8 Å². The van der Waals surface area contributed by atoms with Crippen LogP contribution in [0.3, 0.4) is 0 Å². The van der Waals surface area contributed by atoms with Crippen molar-refractivity contribution < 1.29 is 32.6 Å². The number of carboxylic acid groups (broad SMARTS) is 1. The lowest BCUT2D eigenvalue weighted by Gasteiger charge is -2.23. The average molecular weight is 524 g/mol. The minimum atomic E-state index is -4.21. The van der Waals surface area contributed by atoms with Gasteiger partial charge in [0.1, 0.15) is 5.82 Å². The van der Waals surface area contributed by atoms with Crippen LogP contribution >= 0.6 is 23.4 Å². The highest BCUT2D eigenvalue weighted by atomic mass is 35.5. The van der Waals surface area contributed by atoms with Crippen LogP contribution in [0.1, 0.15) is 10.4 Å². The Bertz CT molecular complexity index is 1280. The van der Waals surface area contributed by atoms with Crippen LogP contribution in [0.2, 0.25) is 5.02 Å². The molecule has 0 aliphatic carbocycles. The van der Waals surface area contributed by atoms with E-state index < -0.39 is 44.6 Å². The van der Waals surface area contributed by atoms with Gasteiger partial charge in [-0.05, 0) is 72.8 Å². The molecule has 11 heteroatoms. The van der Waals surface area contributed by atoms with Crippen LogP contribution in [0.5, 0.6) is 0 Å². The van der Waals surface area contributed by atoms with Crippen molar-refractivity contribution in [3.05, 3.63) is 89.2 Å². The molecule has 1 atom stereocenters. The van der Waals surface area contributed by atoms with Gasteiger partial charge in [-0.15, -0.1) is 11.8 Å². The molecule has 178 valence electrons. The molecule has 1 amide bonds. The van der Waals surface area contributed by atoms with Gasteiger partial charge in [-0.3, -0.25) is 4.79 Å². The third-order valence-electron chi connectivity index (χ3n) is 4.70. The van der Waals surface area contributed by atoms with Crippen molar-refractivity contribution in [3.8, 4) is 0 Å². The van der Waals surface area contributed by atoms with Crippen molar-refractivity contribution in [2.75, 3.05) is 16.8 Å². The summed E-state index contributed by atoms with van der Waals surface area (Å²) in [6, 6.07) is 16.5. The third-order valence-corrected chi connectivity index (χ3v) is 8.02. The number of halogens is 2. The van der Waals surface area contributed by atoms with Gasteiger partial charge in [0.25, 0.3) is 5.91 Å². The van der Waals surface area contributed by atoms with E-state index in [0.29, 0.717) is 21.2 Å². The second-order valence-electron chi connectivity index (χ2n) is 7.32. The van der Waals surface area contributed by atoms with Gasteiger partial charge in [0.15, 0.2) is 15.4 Å². The van der Waals surface area contributed by atoms with Crippen LogP contribution in [0.4, 0.5) is 10.1 Å². The summed E-state index contributed by atoms with van der Waals surface area (Å²) in [5.41, 5.74) is -1.91. The fourth-order valence-corrected chi connectivity index (χ4v) is 5.63. The zero-order valence-corrected chi connectivity index (χ0v) is 19.8. The first-order valence-electron chi connectivity index (χ1n) is 9.72. The molecule has 0 aromatic heterocycles. The van der Waals surface area contributed by atoms with E-state index in [1.165, 1.54) is 60.7 Å². The van der Waals surface area contributed by atoms with Gasteiger partial charge in [0, 0.05) is 26.9 Å². The molecule has 0 saturated carbocycles. The first kappa shape index (κ1) is 25.7. The molecule has 0 aliphatic heterocycles. The highest BCUT2D eigenvalue weighted by molar-refractivity contribution is 7.99. The van der Waals surface area contributed by atoms with Gasteiger partial charge < -0.3 is 15.5 Å².